The normalized spacial score (nSPS) is 17.3. The zero-order valence-corrected chi connectivity index (χ0v) is 14.4. The molecule has 132 valence electrons. The van der Waals surface area contributed by atoms with Crippen LogP contribution >= 0.6 is 0 Å². The van der Waals surface area contributed by atoms with E-state index in [1.807, 2.05) is 0 Å². The third-order valence-corrected chi connectivity index (χ3v) is 4.67. The molecule has 1 aromatic carbocycles. The summed E-state index contributed by atoms with van der Waals surface area (Å²) in [4.78, 5) is 24.4. The zero-order chi connectivity index (χ0) is 17.6. The van der Waals surface area contributed by atoms with Gasteiger partial charge in [0.25, 0.3) is 0 Å². The Balaban J connectivity index is 1.99. The van der Waals surface area contributed by atoms with Crippen LogP contribution < -0.4 is 5.32 Å². The number of rotatable bonds is 7. The summed E-state index contributed by atoms with van der Waals surface area (Å²) >= 11 is 0. The van der Waals surface area contributed by atoms with Crippen LogP contribution in [0.5, 0.6) is 0 Å². The standard InChI is InChI=1S/C19H26FNO3/c1-3-24-17(22)13-19(10-6-7-11-19)21-18(23)14(2)12-15-8-4-5-9-16(15)20/h4-5,8-9,14H,3,6-7,10-13H2,1-2H3,(H,21,23). The van der Waals surface area contributed by atoms with Crippen molar-refractivity contribution in [3.63, 3.8) is 0 Å². The second kappa shape index (κ2) is 8.27. The van der Waals surface area contributed by atoms with Crippen LogP contribution in [0.15, 0.2) is 24.3 Å². The molecule has 1 unspecified atom stereocenters. The Morgan fingerprint density at radius 3 is 2.58 bits per heavy atom. The van der Waals surface area contributed by atoms with E-state index >= 15 is 0 Å². The number of halogens is 1. The van der Waals surface area contributed by atoms with Crippen molar-refractivity contribution in [2.75, 3.05) is 6.61 Å². The van der Waals surface area contributed by atoms with Gasteiger partial charge in [0.15, 0.2) is 0 Å². The topological polar surface area (TPSA) is 55.4 Å². The lowest BCUT2D eigenvalue weighted by atomic mass is 9.91. The quantitative estimate of drug-likeness (QED) is 0.777. The van der Waals surface area contributed by atoms with Crippen LogP contribution in [0.25, 0.3) is 0 Å². The van der Waals surface area contributed by atoms with Crippen LogP contribution in [0, 0.1) is 11.7 Å². The summed E-state index contributed by atoms with van der Waals surface area (Å²) in [6, 6.07) is 6.50. The minimum absolute atomic E-state index is 0.135. The van der Waals surface area contributed by atoms with Crippen LogP contribution in [0.2, 0.25) is 0 Å². The highest BCUT2D eigenvalue weighted by Gasteiger charge is 2.38. The van der Waals surface area contributed by atoms with Crippen LogP contribution in [-0.2, 0) is 20.7 Å². The first-order valence-corrected chi connectivity index (χ1v) is 8.67. The average molecular weight is 335 g/mol. The van der Waals surface area contributed by atoms with E-state index in [0.29, 0.717) is 18.6 Å². The van der Waals surface area contributed by atoms with Crippen LogP contribution in [0.1, 0.15) is 51.5 Å². The predicted octanol–water partition coefficient (Wildman–Crippen LogP) is 3.39. The van der Waals surface area contributed by atoms with Crippen LogP contribution in [0.4, 0.5) is 4.39 Å². The van der Waals surface area contributed by atoms with Gasteiger partial charge in [0.05, 0.1) is 18.6 Å². The lowest BCUT2D eigenvalue weighted by Gasteiger charge is -2.31. The Labute approximate surface area is 142 Å². The van der Waals surface area contributed by atoms with E-state index in [0.717, 1.165) is 25.7 Å². The molecule has 5 heteroatoms. The van der Waals surface area contributed by atoms with Gasteiger partial charge in [0.1, 0.15) is 5.82 Å². The molecular weight excluding hydrogens is 309 g/mol. The van der Waals surface area contributed by atoms with E-state index in [9.17, 15) is 14.0 Å². The SMILES string of the molecule is CCOC(=O)CC1(NC(=O)C(C)Cc2ccccc2F)CCCC1. The molecule has 1 amide bonds. The fourth-order valence-corrected chi connectivity index (χ4v) is 3.36. The molecule has 1 saturated carbocycles. The molecule has 1 N–H and O–H groups in total. The zero-order valence-electron chi connectivity index (χ0n) is 14.4. The first-order valence-electron chi connectivity index (χ1n) is 8.67. The Morgan fingerprint density at radius 1 is 1.29 bits per heavy atom. The molecule has 1 aliphatic rings. The molecule has 1 atom stereocenters. The summed E-state index contributed by atoms with van der Waals surface area (Å²) in [5, 5.41) is 3.06. The van der Waals surface area contributed by atoms with Gasteiger partial charge >= 0.3 is 5.97 Å². The van der Waals surface area contributed by atoms with E-state index < -0.39 is 5.54 Å². The molecular formula is C19H26FNO3. The Hall–Kier alpha value is -1.91. The molecule has 2 rings (SSSR count). The van der Waals surface area contributed by atoms with Gasteiger partial charge in [-0.3, -0.25) is 9.59 Å². The second-order valence-electron chi connectivity index (χ2n) is 6.66. The molecule has 24 heavy (non-hydrogen) atoms. The first-order chi connectivity index (χ1) is 11.5. The maximum atomic E-state index is 13.8. The van der Waals surface area contributed by atoms with Gasteiger partial charge < -0.3 is 10.1 Å². The third kappa shape index (κ3) is 4.79. The lowest BCUT2D eigenvalue weighted by molar-refractivity contribution is -0.145. The Bertz CT molecular complexity index is 582. The van der Waals surface area contributed by atoms with Crippen molar-refractivity contribution < 1.29 is 18.7 Å². The van der Waals surface area contributed by atoms with Gasteiger partial charge in [-0.1, -0.05) is 38.0 Å². The maximum absolute atomic E-state index is 13.8. The van der Waals surface area contributed by atoms with E-state index in [2.05, 4.69) is 5.32 Å². The maximum Gasteiger partial charge on any atom is 0.308 e. The summed E-state index contributed by atoms with van der Waals surface area (Å²) in [6.45, 7) is 3.90. The number of esters is 1. The predicted molar refractivity (Wildman–Crippen MR) is 89.9 cm³/mol. The van der Waals surface area contributed by atoms with Crippen molar-refractivity contribution in [3.8, 4) is 0 Å². The second-order valence-corrected chi connectivity index (χ2v) is 6.66. The number of hydrogen-bond donors (Lipinski definition) is 1. The van der Waals surface area contributed by atoms with Gasteiger partial charge in [-0.25, -0.2) is 4.39 Å². The summed E-state index contributed by atoms with van der Waals surface area (Å²) in [7, 11) is 0. The van der Waals surface area contributed by atoms with E-state index in [-0.39, 0.29) is 30.0 Å². The number of benzene rings is 1. The van der Waals surface area contributed by atoms with Gasteiger partial charge in [0.2, 0.25) is 5.91 Å². The van der Waals surface area contributed by atoms with Crippen LogP contribution in [0.3, 0.4) is 0 Å². The minimum atomic E-state index is -0.507. The first kappa shape index (κ1) is 18.4. The van der Waals surface area contributed by atoms with Crippen molar-refractivity contribution in [2.24, 2.45) is 5.92 Å². The Kier molecular flexibility index (Phi) is 6.35. The van der Waals surface area contributed by atoms with E-state index in [4.69, 9.17) is 4.74 Å². The van der Waals surface area contributed by atoms with Gasteiger partial charge in [-0.15, -0.1) is 0 Å². The largest absolute Gasteiger partial charge is 0.466 e. The number of carbonyl (C=O) groups excluding carboxylic acids is 2. The fraction of sp³-hybridized carbons (Fsp3) is 0.579. The number of amides is 1. The lowest BCUT2D eigenvalue weighted by Crippen LogP contribution is -2.50. The smallest absolute Gasteiger partial charge is 0.308 e. The van der Waals surface area contributed by atoms with Gasteiger partial charge in [-0.05, 0) is 37.8 Å². The average Bonchev–Trinajstić information content (AvgIpc) is 2.97. The fourth-order valence-electron chi connectivity index (χ4n) is 3.36. The molecule has 1 fully saturated rings. The molecule has 0 aliphatic heterocycles. The van der Waals surface area contributed by atoms with Crippen molar-refractivity contribution in [2.45, 2.75) is 57.9 Å². The van der Waals surface area contributed by atoms with Crippen molar-refractivity contribution in [1.29, 1.82) is 0 Å². The van der Waals surface area contributed by atoms with Crippen molar-refractivity contribution in [3.05, 3.63) is 35.6 Å². The summed E-state index contributed by atoms with van der Waals surface area (Å²) in [6.07, 6.45) is 4.09. The molecule has 0 spiro atoms. The molecule has 1 aromatic rings. The number of nitrogens with one attached hydrogen (secondary N) is 1. The highest BCUT2D eigenvalue weighted by Crippen LogP contribution is 2.33. The summed E-state index contributed by atoms with van der Waals surface area (Å²) in [5.74, 6) is -1.06. The molecule has 1 aliphatic carbocycles. The van der Waals surface area contributed by atoms with Crippen molar-refractivity contribution in [1.82, 2.24) is 5.32 Å². The molecule has 4 nitrogen and oxygen atoms in total. The number of ether oxygens (including phenoxy) is 1. The van der Waals surface area contributed by atoms with Crippen molar-refractivity contribution >= 4 is 11.9 Å². The number of hydrogen-bond acceptors (Lipinski definition) is 3. The minimum Gasteiger partial charge on any atom is -0.466 e. The summed E-state index contributed by atoms with van der Waals surface area (Å²) < 4.78 is 18.8. The highest BCUT2D eigenvalue weighted by atomic mass is 19.1. The van der Waals surface area contributed by atoms with Gasteiger partial charge in [-0.2, -0.15) is 0 Å². The Morgan fingerprint density at radius 2 is 1.96 bits per heavy atom. The van der Waals surface area contributed by atoms with Gasteiger partial charge in [0, 0.05) is 5.92 Å². The van der Waals surface area contributed by atoms with E-state index in [1.165, 1.54) is 6.07 Å². The molecule has 0 aromatic heterocycles. The molecule has 0 bridgehead atoms. The molecule has 0 radical (unpaired) electrons. The summed E-state index contributed by atoms with van der Waals surface area (Å²) in [5.41, 5.74) is 0.0262. The monoisotopic (exact) mass is 335 g/mol. The molecule has 0 saturated heterocycles. The van der Waals surface area contributed by atoms with Crippen LogP contribution in [-0.4, -0.2) is 24.0 Å². The van der Waals surface area contributed by atoms with E-state index in [1.54, 1.807) is 32.0 Å². The third-order valence-electron chi connectivity index (χ3n) is 4.67. The molecule has 0 heterocycles. The highest BCUT2D eigenvalue weighted by molar-refractivity contribution is 5.81. The number of carbonyl (C=O) groups is 2.